The van der Waals surface area contributed by atoms with Crippen molar-refractivity contribution in [3.63, 3.8) is 0 Å². The molecule has 0 radical (unpaired) electrons. The van der Waals surface area contributed by atoms with E-state index in [1.54, 1.807) is 10.9 Å². The van der Waals surface area contributed by atoms with Crippen LogP contribution in [-0.2, 0) is 7.05 Å². The van der Waals surface area contributed by atoms with Gasteiger partial charge in [0.25, 0.3) is 5.91 Å². The highest BCUT2D eigenvalue weighted by Gasteiger charge is 2.35. The van der Waals surface area contributed by atoms with E-state index >= 15 is 0 Å². The fourth-order valence-corrected chi connectivity index (χ4v) is 4.69. The van der Waals surface area contributed by atoms with Crippen LogP contribution in [-0.4, -0.2) is 32.7 Å². The highest BCUT2D eigenvalue weighted by Crippen LogP contribution is 2.38. The summed E-state index contributed by atoms with van der Waals surface area (Å²) in [7, 11) is 1.90. The summed E-state index contributed by atoms with van der Waals surface area (Å²) in [6, 6.07) is 0.357. The standard InChI is InChI=1S/C24H37N3O/c1-8-11-19-13-14-21(15-19)18(6)27(17(4)5)24(28)22-16-25-26(7)23(22)20(10-3)12-9-2/h8-10,12,16-19,21H,1,11,13-15H2,2-7H3/b12-9-,20-10+. The second-order valence-electron chi connectivity index (χ2n) is 8.28. The molecule has 4 nitrogen and oxygen atoms in total. The van der Waals surface area contributed by atoms with E-state index in [1.807, 2.05) is 45.2 Å². The van der Waals surface area contributed by atoms with Gasteiger partial charge in [-0.15, -0.1) is 6.58 Å². The zero-order valence-electron chi connectivity index (χ0n) is 18.5. The van der Waals surface area contributed by atoms with Gasteiger partial charge in [0, 0.05) is 19.1 Å². The van der Waals surface area contributed by atoms with Gasteiger partial charge < -0.3 is 4.90 Å². The minimum atomic E-state index is 0.0848. The van der Waals surface area contributed by atoms with Crippen LogP contribution in [0.3, 0.4) is 0 Å². The molecule has 0 bridgehead atoms. The Kier molecular flexibility index (Phi) is 7.85. The van der Waals surface area contributed by atoms with Gasteiger partial charge in [-0.3, -0.25) is 9.48 Å². The molecule has 0 saturated heterocycles. The summed E-state index contributed by atoms with van der Waals surface area (Å²) in [5.74, 6) is 1.35. The Morgan fingerprint density at radius 2 is 2.07 bits per heavy atom. The lowest BCUT2D eigenvalue weighted by atomic mass is 9.94. The largest absolute Gasteiger partial charge is 0.333 e. The summed E-state index contributed by atoms with van der Waals surface area (Å²) in [4.78, 5) is 15.7. The molecule has 1 aromatic heterocycles. The molecule has 3 atom stereocenters. The monoisotopic (exact) mass is 383 g/mol. The van der Waals surface area contributed by atoms with Crippen LogP contribution in [0.2, 0.25) is 0 Å². The zero-order valence-corrected chi connectivity index (χ0v) is 18.5. The van der Waals surface area contributed by atoms with E-state index < -0.39 is 0 Å². The Bertz CT molecular complexity index is 741. The summed E-state index contributed by atoms with van der Waals surface area (Å²) in [5.41, 5.74) is 2.60. The van der Waals surface area contributed by atoms with Gasteiger partial charge in [0.1, 0.15) is 0 Å². The molecular weight excluding hydrogens is 346 g/mol. The molecule has 1 fully saturated rings. The van der Waals surface area contributed by atoms with Gasteiger partial charge in [-0.25, -0.2) is 0 Å². The number of carbonyl (C=O) groups excluding carboxylic acids is 1. The van der Waals surface area contributed by atoms with Crippen molar-refractivity contribution in [1.82, 2.24) is 14.7 Å². The van der Waals surface area contributed by atoms with Gasteiger partial charge in [0.15, 0.2) is 0 Å². The summed E-state index contributed by atoms with van der Waals surface area (Å²) in [5, 5.41) is 4.41. The molecule has 28 heavy (non-hydrogen) atoms. The molecular formula is C24H37N3O. The number of aryl methyl sites for hydroxylation is 1. The van der Waals surface area contributed by atoms with Crippen molar-refractivity contribution >= 4 is 11.5 Å². The Balaban J connectivity index is 2.33. The molecule has 1 aliphatic rings. The molecule has 4 heteroatoms. The number of aromatic nitrogens is 2. The molecule has 1 saturated carbocycles. The Labute approximate surface area is 171 Å². The lowest BCUT2D eigenvalue weighted by Gasteiger charge is -2.36. The molecule has 1 aliphatic carbocycles. The van der Waals surface area contributed by atoms with Gasteiger partial charge in [0.05, 0.1) is 17.5 Å². The number of amides is 1. The number of hydrogen-bond donors (Lipinski definition) is 0. The van der Waals surface area contributed by atoms with E-state index in [4.69, 9.17) is 0 Å². The van der Waals surface area contributed by atoms with Crippen molar-refractivity contribution in [2.45, 2.75) is 72.4 Å². The van der Waals surface area contributed by atoms with Gasteiger partial charge >= 0.3 is 0 Å². The minimum Gasteiger partial charge on any atom is -0.333 e. The maximum Gasteiger partial charge on any atom is 0.258 e. The molecule has 0 spiro atoms. The van der Waals surface area contributed by atoms with E-state index in [9.17, 15) is 4.79 Å². The van der Waals surface area contributed by atoms with E-state index in [-0.39, 0.29) is 18.0 Å². The number of allylic oxidation sites excluding steroid dienone is 5. The number of carbonyl (C=O) groups is 1. The topological polar surface area (TPSA) is 38.1 Å². The SMILES string of the molecule is C=CCC1CCC(C(C)N(C(=O)c2cnn(C)c2C(/C=C\C)=C/C)C(C)C)C1. The third-order valence-corrected chi connectivity index (χ3v) is 6.09. The van der Waals surface area contributed by atoms with Gasteiger partial charge in [-0.1, -0.05) is 24.3 Å². The van der Waals surface area contributed by atoms with Crippen molar-refractivity contribution in [3.05, 3.63) is 48.3 Å². The molecule has 0 aliphatic heterocycles. The number of hydrogen-bond acceptors (Lipinski definition) is 2. The summed E-state index contributed by atoms with van der Waals surface area (Å²) in [6.45, 7) is 14.3. The Hall–Kier alpha value is -2.10. The summed E-state index contributed by atoms with van der Waals surface area (Å²) >= 11 is 0. The minimum absolute atomic E-state index is 0.0848. The molecule has 2 rings (SSSR count). The van der Waals surface area contributed by atoms with Crippen molar-refractivity contribution in [1.29, 1.82) is 0 Å². The molecule has 1 heterocycles. The fraction of sp³-hybridized carbons (Fsp3) is 0.583. The zero-order chi connectivity index (χ0) is 20.8. The summed E-state index contributed by atoms with van der Waals surface area (Å²) < 4.78 is 1.81. The lowest BCUT2D eigenvalue weighted by molar-refractivity contribution is 0.0548. The Morgan fingerprint density at radius 3 is 2.64 bits per heavy atom. The predicted molar refractivity (Wildman–Crippen MR) is 118 cm³/mol. The van der Waals surface area contributed by atoms with E-state index in [2.05, 4.69) is 37.3 Å². The highest BCUT2D eigenvalue weighted by molar-refractivity contribution is 5.99. The number of nitrogens with zero attached hydrogens (tertiary/aromatic N) is 3. The molecule has 0 N–H and O–H groups in total. The first-order valence-electron chi connectivity index (χ1n) is 10.6. The lowest BCUT2D eigenvalue weighted by Crippen LogP contribution is -2.46. The third-order valence-electron chi connectivity index (χ3n) is 6.09. The second-order valence-corrected chi connectivity index (χ2v) is 8.28. The second kappa shape index (κ2) is 9.90. The molecule has 1 amide bonds. The van der Waals surface area contributed by atoms with Crippen LogP contribution in [0.15, 0.2) is 37.1 Å². The maximum atomic E-state index is 13.7. The van der Waals surface area contributed by atoms with Crippen LogP contribution in [0.1, 0.15) is 76.4 Å². The van der Waals surface area contributed by atoms with Crippen molar-refractivity contribution in [2.75, 3.05) is 0 Å². The first-order chi connectivity index (χ1) is 13.3. The van der Waals surface area contributed by atoms with E-state index in [1.165, 1.54) is 19.3 Å². The van der Waals surface area contributed by atoms with Crippen LogP contribution in [0, 0.1) is 11.8 Å². The van der Waals surface area contributed by atoms with E-state index in [0.717, 1.165) is 17.7 Å². The van der Waals surface area contributed by atoms with Gasteiger partial charge in [-0.05, 0) is 77.7 Å². The molecule has 1 aromatic rings. The average molecular weight is 384 g/mol. The first-order valence-corrected chi connectivity index (χ1v) is 10.6. The van der Waals surface area contributed by atoms with Crippen LogP contribution < -0.4 is 0 Å². The number of rotatable bonds is 8. The molecule has 3 unspecified atom stereocenters. The maximum absolute atomic E-state index is 13.7. The smallest absolute Gasteiger partial charge is 0.258 e. The normalized spacial score (nSPS) is 21.5. The average Bonchev–Trinajstić information content (AvgIpc) is 3.26. The van der Waals surface area contributed by atoms with Crippen LogP contribution in [0.25, 0.3) is 5.57 Å². The van der Waals surface area contributed by atoms with Crippen LogP contribution in [0.4, 0.5) is 0 Å². The van der Waals surface area contributed by atoms with Crippen molar-refractivity contribution in [2.24, 2.45) is 18.9 Å². The van der Waals surface area contributed by atoms with Crippen LogP contribution >= 0.6 is 0 Å². The van der Waals surface area contributed by atoms with Crippen LogP contribution in [0.5, 0.6) is 0 Å². The highest BCUT2D eigenvalue weighted by atomic mass is 16.2. The van der Waals surface area contributed by atoms with E-state index in [0.29, 0.717) is 17.4 Å². The van der Waals surface area contributed by atoms with Crippen molar-refractivity contribution < 1.29 is 4.79 Å². The fourth-order valence-electron chi connectivity index (χ4n) is 4.69. The quantitative estimate of drug-likeness (QED) is 0.431. The first kappa shape index (κ1) is 22.2. The molecule has 154 valence electrons. The molecule has 0 aromatic carbocycles. The third kappa shape index (κ3) is 4.65. The van der Waals surface area contributed by atoms with Gasteiger partial charge in [-0.2, -0.15) is 5.10 Å². The van der Waals surface area contributed by atoms with Gasteiger partial charge in [0.2, 0.25) is 0 Å². The summed E-state index contributed by atoms with van der Waals surface area (Å²) in [6.07, 6.45) is 14.5. The Morgan fingerprint density at radius 1 is 1.36 bits per heavy atom. The predicted octanol–water partition coefficient (Wildman–Crippen LogP) is 5.63. The van der Waals surface area contributed by atoms with Crippen molar-refractivity contribution in [3.8, 4) is 0 Å².